The normalized spacial score (nSPS) is 11.7. The van der Waals surface area contributed by atoms with Gasteiger partial charge in [-0.1, -0.05) is 54.6 Å². The first-order valence-corrected chi connectivity index (χ1v) is 8.22. The molecule has 27 heavy (non-hydrogen) atoms. The van der Waals surface area contributed by atoms with E-state index in [4.69, 9.17) is 10.6 Å². The van der Waals surface area contributed by atoms with Crippen LogP contribution in [0.15, 0.2) is 66.7 Å². The van der Waals surface area contributed by atoms with Gasteiger partial charge in [0.25, 0.3) is 0 Å². The van der Waals surface area contributed by atoms with Gasteiger partial charge in [0.15, 0.2) is 5.78 Å². The third-order valence-corrected chi connectivity index (χ3v) is 3.99. The Labute approximate surface area is 155 Å². The number of hydrogen-bond acceptors (Lipinski definition) is 6. The SMILES string of the molecule is N[C@@H](Cc1ccc(C(=O)c2ccccc2)cc1)C(=O)On1c(O)ccc1O. The minimum atomic E-state index is -1.01. The number of aromatic nitrogens is 1. The van der Waals surface area contributed by atoms with E-state index in [2.05, 4.69) is 0 Å². The lowest BCUT2D eigenvalue weighted by atomic mass is 10.00. The molecule has 1 heterocycles. The van der Waals surface area contributed by atoms with Crippen LogP contribution in [0.4, 0.5) is 0 Å². The Hall–Kier alpha value is -3.58. The quantitative estimate of drug-likeness (QED) is 0.572. The zero-order valence-electron chi connectivity index (χ0n) is 14.3. The fourth-order valence-electron chi connectivity index (χ4n) is 2.54. The monoisotopic (exact) mass is 366 g/mol. The molecule has 7 nitrogen and oxygen atoms in total. The Bertz CT molecular complexity index is 929. The fourth-order valence-corrected chi connectivity index (χ4v) is 2.54. The maximum Gasteiger partial charge on any atom is 0.350 e. The van der Waals surface area contributed by atoms with Gasteiger partial charge in [-0.3, -0.25) is 4.79 Å². The minimum absolute atomic E-state index is 0.0931. The molecule has 0 unspecified atom stereocenters. The van der Waals surface area contributed by atoms with Crippen LogP contribution in [0.3, 0.4) is 0 Å². The molecule has 0 saturated heterocycles. The molecular weight excluding hydrogens is 348 g/mol. The average molecular weight is 366 g/mol. The number of nitrogens with two attached hydrogens (primary N) is 1. The van der Waals surface area contributed by atoms with E-state index in [-0.39, 0.29) is 12.2 Å². The first-order valence-electron chi connectivity index (χ1n) is 8.22. The summed E-state index contributed by atoms with van der Waals surface area (Å²) < 4.78 is 0.587. The summed E-state index contributed by atoms with van der Waals surface area (Å²) in [6, 6.07) is 17.0. The van der Waals surface area contributed by atoms with E-state index in [1.165, 1.54) is 12.1 Å². The van der Waals surface area contributed by atoms with Gasteiger partial charge in [-0.25, -0.2) is 4.79 Å². The second-order valence-electron chi connectivity index (χ2n) is 5.96. The minimum Gasteiger partial charge on any atom is -0.492 e. The highest BCUT2D eigenvalue weighted by Crippen LogP contribution is 2.19. The highest BCUT2D eigenvalue weighted by atomic mass is 16.7. The van der Waals surface area contributed by atoms with Crippen molar-refractivity contribution in [3.63, 3.8) is 0 Å². The fraction of sp³-hybridized carbons (Fsp3) is 0.100. The summed E-state index contributed by atoms with van der Waals surface area (Å²) in [6.45, 7) is 0. The highest BCUT2D eigenvalue weighted by molar-refractivity contribution is 6.08. The maximum atomic E-state index is 12.4. The van der Waals surface area contributed by atoms with E-state index in [1.54, 1.807) is 48.5 Å². The van der Waals surface area contributed by atoms with E-state index in [1.807, 2.05) is 6.07 Å². The van der Waals surface area contributed by atoms with Crippen molar-refractivity contribution in [3.05, 3.63) is 83.4 Å². The van der Waals surface area contributed by atoms with E-state index >= 15 is 0 Å². The Morgan fingerprint density at radius 2 is 1.44 bits per heavy atom. The molecule has 3 aromatic rings. The van der Waals surface area contributed by atoms with Gasteiger partial charge < -0.3 is 20.8 Å². The summed E-state index contributed by atoms with van der Waals surface area (Å²) in [5, 5.41) is 19.0. The van der Waals surface area contributed by atoms with Crippen molar-refractivity contribution in [3.8, 4) is 11.8 Å². The maximum absolute atomic E-state index is 12.4. The Morgan fingerprint density at radius 1 is 0.889 bits per heavy atom. The number of aromatic hydroxyl groups is 2. The second kappa shape index (κ2) is 7.76. The van der Waals surface area contributed by atoms with Gasteiger partial charge >= 0.3 is 5.97 Å². The number of carbonyl (C=O) groups excluding carboxylic acids is 2. The molecule has 1 aromatic heterocycles. The molecule has 4 N–H and O–H groups in total. The predicted molar refractivity (Wildman–Crippen MR) is 97.3 cm³/mol. The van der Waals surface area contributed by atoms with Gasteiger partial charge in [-0.05, 0) is 12.0 Å². The van der Waals surface area contributed by atoms with Gasteiger partial charge in [0.2, 0.25) is 11.8 Å². The summed E-state index contributed by atoms with van der Waals surface area (Å²) in [5.74, 6) is -1.75. The van der Waals surface area contributed by atoms with E-state index in [0.29, 0.717) is 15.9 Å². The Morgan fingerprint density at radius 3 is 2.04 bits per heavy atom. The molecule has 0 saturated carbocycles. The Kier molecular flexibility index (Phi) is 5.23. The lowest BCUT2D eigenvalue weighted by molar-refractivity contribution is -0.147. The van der Waals surface area contributed by atoms with Crippen molar-refractivity contribution in [2.45, 2.75) is 12.5 Å². The first-order chi connectivity index (χ1) is 13.0. The van der Waals surface area contributed by atoms with Gasteiger partial charge in [0.05, 0.1) is 0 Å². The van der Waals surface area contributed by atoms with Crippen LogP contribution in [0, 0.1) is 0 Å². The smallest absolute Gasteiger partial charge is 0.350 e. The largest absolute Gasteiger partial charge is 0.492 e. The Balaban J connectivity index is 1.64. The molecule has 0 spiro atoms. The average Bonchev–Trinajstić information content (AvgIpc) is 3.00. The van der Waals surface area contributed by atoms with E-state index in [0.717, 1.165) is 5.56 Å². The van der Waals surface area contributed by atoms with Crippen molar-refractivity contribution in [2.75, 3.05) is 0 Å². The number of nitrogens with zero attached hydrogens (tertiary/aromatic N) is 1. The van der Waals surface area contributed by atoms with Gasteiger partial charge in [-0.2, -0.15) is 0 Å². The molecule has 1 atom stereocenters. The second-order valence-corrected chi connectivity index (χ2v) is 5.96. The van der Waals surface area contributed by atoms with E-state index in [9.17, 15) is 19.8 Å². The van der Waals surface area contributed by atoms with Crippen LogP contribution in [0.5, 0.6) is 11.8 Å². The van der Waals surface area contributed by atoms with Crippen molar-refractivity contribution < 1.29 is 24.6 Å². The topological polar surface area (TPSA) is 115 Å². The van der Waals surface area contributed by atoms with Crippen LogP contribution >= 0.6 is 0 Å². The molecule has 0 aliphatic heterocycles. The van der Waals surface area contributed by atoms with Crippen LogP contribution in [-0.4, -0.2) is 32.7 Å². The molecular formula is C20H18N2O5. The van der Waals surface area contributed by atoms with Crippen molar-refractivity contribution in [1.82, 2.24) is 4.73 Å². The summed E-state index contributed by atoms with van der Waals surface area (Å²) >= 11 is 0. The van der Waals surface area contributed by atoms with Gasteiger partial charge in [-0.15, -0.1) is 4.73 Å². The highest BCUT2D eigenvalue weighted by Gasteiger charge is 2.20. The number of rotatable bonds is 6. The van der Waals surface area contributed by atoms with Crippen LogP contribution < -0.4 is 10.6 Å². The molecule has 0 fully saturated rings. The van der Waals surface area contributed by atoms with Crippen LogP contribution in [0.2, 0.25) is 0 Å². The molecule has 0 aliphatic rings. The van der Waals surface area contributed by atoms with Crippen LogP contribution in [-0.2, 0) is 11.2 Å². The molecule has 3 rings (SSSR count). The summed E-state index contributed by atoms with van der Waals surface area (Å²) in [6.07, 6.45) is 0.168. The third kappa shape index (κ3) is 4.16. The van der Waals surface area contributed by atoms with Crippen LogP contribution in [0.25, 0.3) is 0 Å². The number of hydrogen-bond donors (Lipinski definition) is 3. The molecule has 2 aromatic carbocycles. The molecule has 7 heteroatoms. The standard InChI is InChI=1S/C20H18N2O5/c21-16(20(26)27-22-17(23)10-11-18(22)24)12-13-6-8-15(9-7-13)19(25)14-4-2-1-3-5-14/h1-11,16,23-24H,12,21H2/t16-/m0/s1. The molecule has 0 bridgehead atoms. The molecule has 0 aliphatic carbocycles. The van der Waals surface area contributed by atoms with E-state index < -0.39 is 23.8 Å². The molecule has 0 amide bonds. The van der Waals surface area contributed by atoms with Crippen molar-refractivity contribution in [2.24, 2.45) is 5.73 Å². The molecule has 138 valence electrons. The first kappa shape index (κ1) is 18.2. The van der Waals surface area contributed by atoms with Crippen molar-refractivity contribution >= 4 is 11.8 Å². The number of carbonyl (C=O) groups is 2. The number of ketones is 1. The summed E-state index contributed by atoms with van der Waals surface area (Å²) in [4.78, 5) is 29.3. The predicted octanol–water partition coefficient (Wildman–Crippen LogP) is 1.66. The third-order valence-electron chi connectivity index (χ3n) is 3.99. The molecule has 0 radical (unpaired) electrons. The zero-order chi connectivity index (χ0) is 19.4. The van der Waals surface area contributed by atoms with Gasteiger partial charge in [0.1, 0.15) is 6.04 Å². The summed E-state index contributed by atoms with van der Waals surface area (Å²) in [7, 11) is 0. The zero-order valence-corrected chi connectivity index (χ0v) is 14.3. The summed E-state index contributed by atoms with van der Waals surface area (Å²) in [5.41, 5.74) is 7.70. The lowest BCUT2D eigenvalue weighted by Gasteiger charge is -2.12. The van der Waals surface area contributed by atoms with Gasteiger partial charge in [0, 0.05) is 23.3 Å². The van der Waals surface area contributed by atoms with Crippen LogP contribution in [0.1, 0.15) is 21.5 Å². The van der Waals surface area contributed by atoms with Crippen molar-refractivity contribution in [1.29, 1.82) is 0 Å². The number of benzene rings is 2. The lowest BCUT2D eigenvalue weighted by Crippen LogP contribution is -2.39.